The summed E-state index contributed by atoms with van der Waals surface area (Å²) >= 11 is 6.04. The topological polar surface area (TPSA) is 69.9 Å². The zero-order chi connectivity index (χ0) is 18.6. The van der Waals surface area contributed by atoms with Crippen LogP contribution in [0.1, 0.15) is 21.9 Å². The van der Waals surface area contributed by atoms with Gasteiger partial charge in [0, 0.05) is 6.54 Å². The summed E-state index contributed by atoms with van der Waals surface area (Å²) < 4.78 is 21.7. The molecule has 0 spiro atoms. The Bertz CT molecular complexity index is 969. The van der Waals surface area contributed by atoms with Crippen LogP contribution in [0.4, 0.5) is 0 Å². The number of rotatable bonds is 6. The Kier molecular flexibility index (Phi) is 4.89. The standard InChI is InChI=1S/C20H16ClNO5/c21-15-3-1-2-4-16(15)24-11-14-6-8-18(27-14)20(23)22-10-13-5-7-17-19(9-13)26-12-25-17/h1-9H,10-12H2,(H,22,23). The van der Waals surface area contributed by atoms with Crippen molar-refractivity contribution < 1.29 is 23.4 Å². The first kappa shape index (κ1) is 17.3. The lowest BCUT2D eigenvalue weighted by Crippen LogP contribution is -2.22. The maximum absolute atomic E-state index is 12.3. The molecule has 0 bridgehead atoms. The van der Waals surface area contributed by atoms with Crippen molar-refractivity contribution in [1.29, 1.82) is 0 Å². The smallest absolute Gasteiger partial charge is 0.287 e. The van der Waals surface area contributed by atoms with Crippen LogP contribution >= 0.6 is 11.6 Å². The van der Waals surface area contributed by atoms with E-state index in [0.29, 0.717) is 34.6 Å². The van der Waals surface area contributed by atoms with Crippen LogP contribution in [0.2, 0.25) is 5.02 Å². The molecule has 0 fully saturated rings. The average Bonchev–Trinajstić information content (AvgIpc) is 3.34. The van der Waals surface area contributed by atoms with Crippen molar-refractivity contribution in [1.82, 2.24) is 5.32 Å². The first-order valence-corrected chi connectivity index (χ1v) is 8.69. The molecule has 138 valence electrons. The summed E-state index contributed by atoms with van der Waals surface area (Å²) in [5, 5.41) is 3.33. The van der Waals surface area contributed by atoms with Crippen molar-refractivity contribution >= 4 is 17.5 Å². The molecular weight excluding hydrogens is 370 g/mol. The normalized spacial score (nSPS) is 12.0. The number of para-hydroxylation sites is 1. The predicted octanol–water partition coefficient (Wildman–Crippen LogP) is 4.17. The highest BCUT2D eigenvalue weighted by Gasteiger charge is 2.15. The van der Waals surface area contributed by atoms with Crippen LogP contribution in [0.5, 0.6) is 17.2 Å². The number of hydrogen-bond donors (Lipinski definition) is 1. The Labute approximate surface area is 160 Å². The number of halogens is 1. The van der Waals surface area contributed by atoms with Gasteiger partial charge in [-0.25, -0.2) is 0 Å². The van der Waals surface area contributed by atoms with E-state index >= 15 is 0 Å². The molecule has 27 heavy (non-hydrogen) atoms. The number of furan rings is 1. The fraction of sp³-hybridized carbons (Fsp3) is 0.150. The minimum Gasteiger partial charge on any atom is -0.484 e. The third-order valence-corrected chi connectivity index (χ3v) is 4.29. The molecule has 1 N–H and O–H groups in total. The van der Waals surface area contributed by atoms with Gasteiger partial charge in [-0.1, -0.05) is 29.8 Å². The van der Waals surface area contributed by atoms with Crippen LogP contribution in [0.15, 0.2) is 59.0 Å². The second-order valence-corrected chi connectivity index (χ2v) is 6.26. The van der Waals surface area contributed by atoms with Crippen molar-refractivity contribution in [2.24, 2.45) is 0 Å². The molecule has 0 saturated carbocycles. The number of carbonyl (C=O) groups is 1. The predicted molar refractivity (Wildman–Crippen MR) is 98.2 cm³/mol. The number of amides is 1. The first-order valence-electron chi connectivity index (χ1n) is 8.32. The average molecular weight is 386 g/mol. The summed E-state index contributed by atoms with van der Waals surface area (Å²) in [5.74, 6) is 2.38. The second kappa shape index (κ2) is 7.63. The molecule has 1 aliphatic rings. The van der Waals surface area contributed by atoms with Gasteiger partial charge in [-0.2, -0.15) is 0 Å². The molecule has 1 amide bonds. The van der Waals surface area contributed by atoms with Crippen LogP contribution in [-0.2, 0) is 13.2 Å². The highest BCUT2D eigenvalue weighted by atomic mass is 35.5. The van der Waals surface area contributed by atoms with Gasteiger partial charge in [0.05, 0.1) is 5.02 Å². The van der Waals surface area contributed by atoms with Gasteiger partial charge in [0.1, 0.15) is 18.1 Å². The Morgan fingerprint density at radius 2 is 1.93 bits per heavy atom. The summed E-state index contributed by atoms with van der Waals surface area (Å²) in [4.78, 5) is 12.3. The maximum atomic E-state index is 12.3. The van der Waals surface area contributed by atoms with E-state index in [-0.39, 0.29) is 25.1 Å². The molecule has 3 aromatic rings. The van der Waals surface area contributed by atoms with E-state index in [9.17, 15) is 4.79 Å². The quantitative estimate of drug-likeness (QED) is 0.689. The van der Waals surface area contributed by atoms with Crippen LogP contribution < -0.4 is 19.5 Å². The monoisotopic (exact) mass is 385 g/mol. The minimum absolute atomic E-state index is 0.180. The maximum Gasteiger partial charge on any atom is 0.287 e. The van der Waals surface area contributed by atoms with Crippen molar-refractivity contribution in [3.8, 4) is 17.2 Å². The van der Waals surface area contributed by atoms with E-state index in [2.05, 4.69) is 5.32 Å². The summed E-state index contributed by atoms with van der Waals surface area (Å²) in [6.45, 7) is 0.747. The van der Waals surface area contributed by atoms with Crippen LogP contribution in [0.3, 0.4) is 0 Å². The van der Waals surface area contributed by atoms with Gasteiger partial charge in [-0.3, -0.25) is 4.79 Å². The van der Waals surface area contributed by atoms with Gasteiger partial charge in [0.25, 0.3) is 5.91 Å². The molecule has 1 aliphatic heterocycles. The molecule has 0 radical (unpaired) electrons. The number of nitrogens with one attached hydrogen (secondary N) is 1. The van der Waals surface area contributed by atoms with Crippen LogP contribution in [0, 0.1) is 0 Å². The SMILES string of the molecule is O=C(NCc1ccc2c(c1)OCO2)c1ccc(COc2ccccc2Cl)o1. The van der Waals surface area contributed by atoms with E-state index in [0.717, 1.165) is 5.56 Å². The van der Waals surface area contributed by atoms with Crippen molar-refractivity contribution in [2.45, 2.75) is 13.2 Å². The highest BCUT2D eigenvalue weighted by Crippen LogP contribution is 2.32. The second-order valence-electron chi connectivity index (χ2n) is 5.86. The largest absolute Gasteiger partial charge is 0.484 e. The van der Waals surface area contributed by atoms with E-state index in [1.54, 1.807) is 24.3 Å². The number of ether oxygens (including phenoxy) is 3. The molecule has 6 nitrogen and oxygen atoms in total. The molecule has 0 unspecified atom stereocenters. The lowest BCUT2D eigenvalue weighted by molar-refractivity contribution is 0.0919. The fourth-order valence-electron chi connectivity index (χ4n) is 2.61. The zero-order valence-electron chi connectivity index (χ0n) is 14.2. The van der Waals surface area contributed by atoms with Crippen molar-refractivity contribution in [3.05, 3.63) is 76.7 Å². The fourth-order valence-corrected chi connectivity index (χ4v) is 2.80. The van der Waals surface area contributed by atoms with E-state index in [4.69, 9.17) is 30.2 Å². The Morgan fingerprint density at radius 1 is 1.07 bits per heavy atom. The summed E-state index contributed by atoms with van der Waals surface area (Å²) in [5.41, 5.74) is 0.904. The Hall–Kier alpha value is -3.12. The zero-order valence-corrected chi connectivity index (χ0v) is 15.0. The molecule has 4 rings (SSSR count). The number of hydrogen-bond acceptors (Lipinski definition) is 5. The molecule has 1 aromatic heterocycles. The highest BCUT2D eigenvalue weighted by molar-refractivity contribution is 6.32. The van der Waals surface area contributed by atoms with E-state index in [1.165, 1.54) is 0 Å². The number of fused-ring (bicyclic) bond motifs is 1. The Morgan fingerprint density at radius 3 is 2.81 bits per heavy atom. The van der Waals surface area contributed by atoms with Crippen LogP contribution in [-0.4, -0.2) is 12.7 Å². The van der Waals surface area contributed by atoms with Crippen molar-refractivity contribution in [3.63, 3.8) is 0 Å². The summed E-state index contributed by atoms with van der Waals surface area (Å²) in [6.07, 6.45) is 0. The van der Waals surface area contributed by atoms with E-state index in [1.807, 2.05) is 30.3 Å². The number of carbonyl (C=O) groups excluding carboxylic acids is 1. The van der Waals surface area contributed by atoms with Gasteiger partial charge in [0.15, 0.2) is 17.3 Å². The van der Waals surface area contributed by atoms with Gasteiger partial charge in [0.2, 0.25) is 6.79 Å². The Balaban J connectivity index is 1.32. The first-order chi connectivity index (χ1) is 13.2. The summed E-state index contributed by atoms with van der Waals surface area (Å²) in [6, 6.07) is 16.0. The molecule has 0 saturated heterocycles. The molecule has 2 heterocycles. The third-order valence-electron chi connectivity index (χ3n) is 3.98. The molecule has 7 heteroatoms. The molecule has 2 aromatic carbocycles. The van der Waals surface area contributed by atoms with E-state index < -0.39 is 0 Å². The minimum atomic E-state index is -0.309. The molecular formula is C20H16ClNO5. The van der Waals surface area contributed by atoms with Gasteiger partial charge < -0.3 is 23.9 Å². The molecule has 0 aliphatic carbocycles. The molecule has 0 atom stereocenters. The number of benzene rings is 2. The van der Waals surface area contributed by atoms with Crippen molar-refractivity contribution in [2.75, 3.05) is 6.79 Å². The third kappa shape index (κ3) is 4.01. The van der Waals surface area contributed by atoms with Crippen LogP contribution in [0.25, 0.3) is 0 Å². The van der Waals surface area contributed by atoms with Gasteiger partial charge >= 0.3 is 0 Å². The lowest BCUT2D eigenvalue weighted by atomic mass is 10.2. The summed E-state index contributed by atoms with van der Waals surface area (Å²) in [7, 11) is 0. The van der Waals surface area contributed by atoms with Gasteiger partial charge in [-0.05, 0) is 42.0 Å². The van der Waals surface area contributed by atoms with Gasteiger partial charge in [-0.15, -0.1) is 0 Å². The lowest BCUT2D eigenvalue weighted by Gasteiger charge is -2.06.